The van der Waals surface area contributed by atoms with E-state index >= 15 is 0 Å². The number of carbonyl (C=O) groups excluding carboxylic acids is 3. The van der Waals surface area contributed by atoms with Crippen molar-refractivity contribution < 1.29 is 23.9 Å². The maximum absolute atomic E-state index is 13.6. The van der Waals surface area contributed by atoms with Crippen LogP contribution in [0.2, 0.25) is 0 Å². The van der Waals surface area contributed by atoms with Crippen molar-refractivity contribution in [2.75, 3.05) is 26.2 Å². The predicted octanol–water partition coefficient (Wildman–Crippen LogP) is 7.08. The molecular formula is C32H44N2O5S. The highest BCUT2D eigenvalue weighted by Gasteiger charge is 2.40. The molecule has 0 radical (unpaired) electrons. The highest BCUT2D eigenvalue weighted by atomic mass is 32.2. The van der Waals surface area contributed by atoms with Gasteiger partial charge >= 0.3 is 11.4 Å². The second-order valence-corrected chi connectivity index (χ2v) is 13.8. The Morgan fingerprint density at radius 1 is 1.07 bits per heavy atom. The summed E-state index contributed by atoms with van der Waals surface area (Å²) in [5.41, 5.74) is 0.406. The van der Waals surface area contributed by atoms with Gasteiger partial charge in [-0.1, -0.05) is 75.9 Å². The molecule has 0 saturated carbocycles. The van der Waals surface area contributed by atoms with Gasteiger partial charge in [0, 0.05) is 31.3 Å². The standard InChI is InChI=1S/C32H44N2O5S/c1-8-18-38-29(36)34-22-26(40-30(37)39-32(5,6)7)19-25(34)21-33(28(35)20-31(2,3)4)17-16-24-14-11-13-23-12-9-10-15-27(23)24/h8-15,25-26H,1,16-22H2,2-7H3. The zero-order chi connectivity index (χ0) is 29.5. The second kappa shape index (κ2) is 13.6. The summed E-state index contributed by atoms with van der Waals surface area (Å²) in [5, 5.41) is 1.82. The number of thioether (sulfide) groups is 1. The van der Waals surface area contributed by atoms with Gasteiger partial charge in [-0.3, -0.25) is 4.79 Å². The fourth-order valence-corrected chi connectivity index (χ4v) is 6.01. The minimum Gasteiger partial charge on any atom is -0.452 e. The van der Waals surface area contributed by atoms with E-state index in [2.05, 4.69) is 51.6 Å². The molecule has 0 aromatic heterocycles. The fraction of sp³-hybridized carbons (Fsp3) is 0.531. The molecule has 218 valence electrons. The van der Waals surface area contributed by atoms with Crippen LogP contribution < -0.4 is 0 Å². The summed E-state index contributed by atoms with van der Waals surface area (Å²) in [6.45, 7) is 16.6. The second-order valence-electron chi connectivity index (χ2n) is 12.6. The lowest BCUT2D eigenvalue weighted by molar-refractivity contribution is -0.133. The Balaban J connectivity index is 1.81. The van der Waals surface area contributed by atoms with Crippen molar-refractivity contribution in [2.24, 2.45) is 5.41 Å². The summed E-state index contributed by atoms with van der Waals surface area (Å²) >= 11 is 1.11. The highest BCUT2D eigenvalue weighted by Crippen LogP contribution is 2.32. The molecule has 7 nitrogen and oxygen atoms in total. The third kappa shape index (κ3) is 9.58. The van der Waals surface area contributed by atoms with Gasteiger partial charge in [-0.2, -0.15) is 0 Å². The van der Waals surface area contributed by atoms with Crippen molar-refractivity contribution >= 4 is 39.8 Å². The summed E-state index contributed by atoms with van der Waals surface area (Å²) in [4.78, 5) is 42.7. The first kappa shape index (κ1) is 31.5. The van der Waals surface area contributed by atoms with Crippen molar-refractivity contribution in [2.45, 2.75) is 77.7 Å². The van der Waals surface area contributed by atoms with E-state index < -0.39 is 11.7 Å². The molecule has 1 aliphatic rings. The van der Waals surface area contributed by atoms with Crippen LogP contribution in [-0.2, 0) is 20.7 Å². The van der Waals surface area contributed by atoms with E-state index in [0.717, 1.165) is 11.8 Å². The maximum Gasteiger partial charge on any atom is 0.410 e. The molecule has 0 aliphatic carbocycles. The molecule has 40 heavy (non-hydrogen) atoms. The zero-order valence-electron chi connectivity index (χ0n) is 24.8. The Morgan fingerprint density at radius 2 is 1.77 bits per heavy atom. The van der Waals surface area contributed by atoms with Crippen molar-refractivity contribution in [1.82, 2.24) is 9.80 Å². The van der Waals surface area contributed by atoms with Crippen molar-refractivity contribution in [3.63, 3.8) is 0 Å². The van der Waals surface area contributed by atoms with Gasteiger partial charge in [0.2, 0.25) is 5.91 Å². The van der Waals surface area contributed by atoms with Crippen LogP contribution in [0, 0.1) is 5.41 Å². The Bertz CT molecular complexity index is 1190. The van der Waals surface area contributed by atoms with Gasteiger partial charge < -0.3 is 19.3 Å². The molecular weight excluding hydrogens is 524 g/mol. The third-order valence-corrected chi connectivity index (χ3v) is 7.53. The largest absolute Gasteiger partial charge is 0.452 e. The molecule has 1 saturated heterocycles. The van der Waals surface area contributed by atoms with Crippen molar-refractivity contribution in [1.29, 1.82) is 0 Å². The lowest BCUT2D eigenvalue weighted by Gasteiger charge is -2.32. The zero-order valence-corrected chi connectivity index (χ0v) is 25.6. The summed E-state index contributed by atoms with van der Waals surface area (Å²) in [5.74, 6) is 0.0513. The average Bonchev–Trinajstić information content (AvgIpc) is 3.24. The van der Waals surface area contributed by atoms with Gasteiger partial charge in [0.15, 0.2) is 0 Å². The number of hydrogen-bond acceptors (Lipinski definition) is 6. The van der Waals surface area contributed by atoms with Crippen LogP contribution in [0.15, 0.2) is 55.1 Å². The number of hydrogen-bond donors (Lipinski definition) is 0. The fourth-order valence-electron chi connectivity index (χ4n) is 4.88. The van der Waals surface area contributed by atoms with Crippen LogP contribution in [0.3, 0.4) is 0 Å². The first-order chi connectivity index (χ1) is 18.8. The summed E-state index contributed by atoms with van der Waals surface area (Å²) in [6, 6.07) is 14.2. The van der Waals surface area contributed by atoms with Gasteiger partial charge in [0.05, 0.1) is 6.04 Å². The molecule has 1 fully saturated rings. The minimum atomic E-state index is -0.595. The Hall–Kier alpha value is -3.00. The number of benzene rings is 2. The highest BCUT2D eigenvalue weighted by molar-refractivity contribution is 8.13. The van der Waals surface area contributed by atoms with Crippen LogP contribution in [0.5, 0.6) is 0 Å². The first-order valence-corrected chi connectivity index (χ1v) is 14.8. The van der Waals surface area contributed by atoms with E-state index in [-0.39, 0.29) is 34.5 Å². The number of amides is 2. The molecule has 1 heterocycles. The molecule has 2 amide bonds. The van der Waals surface area contributed by atoms with Gasteiger partial charge in [-0.25, -0.2) is 9.59 Å². The number of rotatable bonds is 9. The van der Waals surface area contributed by atoms with Gasteiger partial charge in [0.25, 0.3) is 0 Å². The molecule has 3 rings (SSSR count). The van der Waals surface area contributed by atoms with E-state index in [4.69, 9.17) is 9.47 Å². The molecule has 2 atom stereocenters. The van der Waals surface area contributed by atoms with E-state index in [9.17, 15) is 14.4 Å². The molecule has 0 spiro atoms. The smallest absolute Gasteiger partial charge is 0.410 e. The monoisotopic (exact) mass is 568 g/mol. The quantitative estimate of drug-likeness (QED) is 0.238. The maximum atomic E-state index is 13.6. The molecule has 2 aromatic rings. The van der Waals surface area contributed by atoms with E-state index in [1.165, 1.54) is 22.4 Å². The Kier molecular flexibility index (Phi) is 10.7. The van der Waals surface area contributed by atoms with Crippen LogP contribution >= 0.6 is 11.8 Å². The number of likely N-dealkylation sites (tertiary alicyclic amines) is 1. The molecule has 1 aliphatic heterocycles. The number of fused-ring (bicyclic) bond motifs is 1. The van der Waals surface area contributed by atoms with E-state index in [0.29, 0.717) is 38.9 Å². The molecule has 0 bridgehead atoms. The lowest BCUT2D eigenvalue weighted by atomic mass is 9.91. The van der Waals surface area contributed by atoms with Gasteiger partial charge in [0.1, 0.15) is 12.2 Å². The van der Waals surface area contributed by atoms with Crippen LogP contribution in [-0.4, -0.2) is 70.2 Å². The molecule has 8 heteroatoms. The van der Waals surface area contributed by atoms with Crippen LogP contribution in [0.1, 0.15) is 59.9 Å². The minimum absolute atomic E-state index is 0.0513. The first-order valence-electron chi connectivity index (χ1n) is 13.9. The Labute approximate surface area is 243 Å². The van der Waals surface area contributed by atoms with E-state index in [1.54, 1.807) is 4.90 Å². The van der Waals surface area contributed by atoms with Gasteiger partial charge in [-0.15, -0.1) is 0 Å². The number of ether oxygens (including phenoxy) is 2. The normalized spacial score (nSPS) is 17.5. The Morgan fingerprint density at radius 3 is 2.45 bits per heavy atom. The molecule has 2 unspecified atom stereocenters. The summed E-state index contributed by atoms with van der Waals surface area (Å²) in [7, 11) is 0. The SMILES string of the molecule is C=CCOC(=O)N1CC(SC(=O)OC(C)(C)C)CC1CN(CCc1cccc2ccccc12)C(=O)CC(C)(C)C. The molecule has 2 aromatic carbocycles. The van der Waals surface area contributed by atoms with E-state index in [1.807, 2.05) is 43.9 Å². The van der Waals surface area contributed by atoms with Crippen molar-refractivity contribution in [3.8, 4) is 0 Å². The van der Waals surface area contributed by atoms with Gasteiger partial charge in [-0.05, 0) is 67.1 Å². The van der Waals surface area contributed by atoms with Crippen LogP contribution in [0.25, 0.3) is 10.8 Å². The summed E-state index contributed by atoms with van der Waals surface area (Å²) < 4.78 is 10.9. The van der Waals surface area contributed by atoms with Crippen molar-refractivity contribution in [3.05, 3.63) is 60.7 Å². The lowest BCUT2D eigenvalue weighted by Crippen LogP contribution is -2.46. The average molecular weight is 569 g/mol. The third-order valence-electron chi connectivity index (χ3n) is 6.58. The number of nitrogens with zero attached hydrogens (tertiary/aromatic N) is 2. The predicted molar refractivity (Wildman–Crippen MR) is 163 cm³/mol. The number of carbonyl (C=O) groups is 3. The summed E-state index contributed by atoms with van der Waals surface area (Å²) in [6.07, 6.45) is 2.71. The topological polar surface area (TPSA) is 76.2 Å². The molecule has 0 N–H and O–H groups in total. The van der Waals surface area contributed by atoms with Crippen LogP contribution in [0.4, 0.5) is 9.59 Å².